The molecule has 1 saturated carbocycles. The van der Waals surface area contributed by atoms with E-state index < -0.39 is 0 Å². The molecule has 4 heteroatoms. The number of rotatable bonds is 3. The van der Waals surface area contributed by atoms with Gasteiger partial charge in [-0.2, -0.15) is 5.26 Å². The Morgan fingerprint density at radius 1 is 1.71 bits per heavy atom. The van der Waals surface area contributed by atoms with E-state index in [9.17, 15) is 0 Å². The van der Waals surface area contributed by atoms with Gasteiger partial charge in [0.05, 0.1) is 0 Å². The van der Waals surface area contributed by atoms with Crippen molar-refractivity contribution in [1.82, 2.24) is 4.98 Å². The van der Waals surface area contributed by atoms with Gasteiger partial charge in [-0.05, 0) is 18.6 Å². The average Bonchev–Trinajstić information content (AvgIpc) is 2.97. The van der Waals surface area contributed by atoms with Crippen LogP contribution in [0, 0.1) is 17.2 Å². The number of aromatic nitrogens is 1. The first-order valence-electron chi connectivity index (χ1n) is 4.57. The zero-order valence-electron chi connectivity index (χ0n) is 7.64. The number of anilines is 1. The second kappa shape index (κ2) is 3.64. The zero-order chi connectivity index (χ0) is 9.97. The lowest BCUT2D eigenvalue weighted by Crippen LogP contribution is -2.06. The first-order valence-corrected chi connectivity index (χ1v) is 4.57. The van der Waals surface area contributed by atoms with Crippen molar-refractivity contribution < 1.29 is 5.11 Å². The lowest BCUT2D eigenvalue weighted by Gasteiger charge is -2.04. The van der Waals surface area contributed by atoms with Crippen LogP contribution in [0.2, 0.25) is 0 Å². The largest absolute Gasteiger partial charge is 0.396 e. The second-order valence-corrected chi connectivity index (χ2v) is 3.47. The number of aliphatic hydroxyl groups excluding tert-OH is 1. The zero-order valence-corrected chi connectivity index (χ0v) is 7.64. The van der Waals surface area contributed by atoms with Crippen molar-refractivity contribution in [3.63, 3.8) is 0 Å². The Hall–Kier alpha value is -1.60. The second-order valence-electron chi connectivity index (χ2n) is 3.47. The summed E-state index contributed by atoms with van der Waals surface area (Å²) in [6, 6.07) is 5.88. The van der Waals surface area contributed by atoms with Gasteiger partial charge in [-0.15, -0.1) is 0 Å². The van der Waals surface area contributed by atoms with Crippen molar-refractivity contribution in [2.45, 2.75) is 12.5 Å². The summed E-state index contributed by atoms with van der Waals surface area (Å²) in [6.45, 7) is 0.230. The molecule has 4 nitrogen and oxygen atoms in total. The molecule has 2 unspecified atom stereocenters. The Morgan fingerprint density at radius 3 is 3.21 bits per heavy atom. The third kappa shape index (κ3) is 1.83. The molecule has 14 heavy (non-hydrogen) atoms. The van der Waals surface area contributed by atoms with Crippen LogP contribution >= 0.6 is 0 Å². The predicted molar refractivity (Wildman–Crippen MR) is 51.6 cm³/mol. The Bertz CT molecular complexity index is 372. The number of hydrogen-bond donors (Lipinski definition) is 2. The quantitative estimate of drug-likeness (QED) is 0.736. The van der Waals surface area contributed by atoms with Crippen LogP contribution in [0.25, 0.3) is 0 Å². The summed E-state index contributed by atoms with van der Waals surface area (Å²) in [5.74, 6) is 0.369. The summed E-state index contributed by atoms with van der Waals surface area (Å²) in [5.41, 5.74) is 1.31. The Balaban J connectivity index is 2.00. The molecule has 2 N–H and O–H groups in total. The minimum Gasteiger partial charge on any atom is -0.396 e. The van der Waals surface area contributed by atoms with Crippen molar-refractivity contribution in [3.05, 3.63) is 24.0 Å². The summed E-state index contributed by atoms with van der Waals surface area (Å²) in [7, 11) is 0. The molecule has 0 aliphatic heterocycles. The lowest BCUT2D eigenvalue weighted by atomic mass is 10.3. The smallest absolute Gasteiger partial charge is 0.142 e. The molecule has 1 aliphatic carbocycles. The predicted octanol–water partition coefficient (Wildman–Crippen LogP) is 0.746. The van der Waals surface area contributed by atoms with E-state index in [0.29, 0.717) is 17.7 Å². The van der Waals surface area contributed by atoms with Crippen LogP contribution in [0.15, 0.2) is 18.3 Å². The molecule has 1 aliphatic rings. The molecule has 1 heterocycles. The van der Waals surface area contributed by atoms with Crippen molar-refractivity contribution >= 4 is 5.69 Å². The summed E-state index contributed by atoms with van der Waals surface area (Å²) in [4.78, 5) is 3.87. The molecular weight excluding hydrogens is 178 g/mol. The molecule has 72 valence electrons. The van der Waals surface area contributed by atoms with Crippen LogP contribution in [0.4, 0.5) is 5.69 Å². The van der Waals surface area contributed by atoms with E-state index in [1.54, 1.807) is 12.3 Å². The maximum absolute atomic E-state index is 8.85. The van der Waals surface area contributed by atoms with Gasteiger partial charge >= 0.3 is 0 Å². The minimum atomic E-state index is 0.230. The molecule has 1 aromatic rings. The molecule has 0 bridgehead atoms. The van der Waals surface area contributed by atoms with Crippen LogP contribution < -0.4 is 5.32 Å². The standard InChI is InChI=1S/C10H11N3O/c11-5-9-4-8(1-2-12-9)13-10-3-7(10)6-14/h1-2,4,7,10,14H,3,6H2,(H,12,13). The monoisotopic (exact) mass is 189 g/mol. The van der Waals surface area contributed by atoms with Gasteiger partial charge in [0.2, 0.25) is 0 Å². The van der Waals surface area contributed by atoms with Crippen LogP contribution in [-0.4, -0.2) is 22.7 Å². The molecule has 0 radical (unpaired) electrons. The molecule has 0 aromatic carbocycles. The fourth-order valence-corrected chi connectivity index (χ4v) is 1.42. The van der Waals surface area contributed by atoms with Crippen LogP contribution in [0.1, 0.15) is 12.1 Å². The molecule has 2 atom stereocenters. The molecule has 1 fully saturated rings. The number of hydrogen-bond acceptors (Lipinski definition) is 4. The average molecular weight is 189 g/mol. The first-order chi connectivity index (χ1) is 6.83. The number of nitrogens with zero attached hydrogens (tertiary/aromatic N) is 2. The summed E-state index contributed by atoms with van der Waals surface area (Å²) in [6.07, 6.45) is 2.61. The van der Waals surface area contributed by atoms with Crippen LogP contribution in [0.5, 0.6) is 0 Å². The van der Waals surface area contributed by atoms with E-state index in [1.807, 2.05) is 12.1 Å². The Kier molecular flexibility index (Phi) is 2.33. The molecule has 2 rings (SSSR count). The van der Waals surface area contributed by atoms with E-state index in [0.717, 1.165) is 12.1 Å². The van der Waals surface area contributed by atoms with E-state index in [1.165, 1.54) is 0 Å². The fourth-order valence-electron chi connectivity index (χ4n) is 1.42. The normalized spacial score (nSPS) is 24.0. The SMILES string of the molecule is N#Cc1cc(NC2CC2CO)ccn1. The van der Waals surface area contributed by atoms with Gasteiger partial charge < -0.3 is 10.4 Å². The molecule has 0 saturated heterocycles. The summed E-state index contributed by atoms with van der Waals surface area (Å²) >= 11 is 0. The maximum Gasteiger partial charge on any atom is 0.142 e. The number of aliphatic hydroxyl groups is 1. The molecule has 0 amide bonds. The van der Waals surface area contributed by atoms with Crippen molar-refractivity contribution in [3.8, 4) is 6.07 Å². The number of nitriles is 1. The summed E-state index contributed by atoms with van der Waals surface area (Å²) in [5, 5.41) is 20.7. The highest BCUT2D eigenvalue weighted by Crippen LogP contribution is 2.32. The highest BCUT2D eigenvalue weighted by molar-refractivity contribution is 5.47. The molecule has 1 aromatic heterocycles. The van der Waals surface area contributed by atoms with E-state index in [4.69, 9.17) is 10.4 Å². The van der Waals surface area contributed by atoms with Gasteiger partial charge in [0.15, 0.2) is 0 Å². The van der Waals surface area contributed by atoms with Gasteiger partial charge in [-0.25, -0.2) is 4.98 Å². The van der Waals surface area contributed by atoms with E-state index in [-0.39, 0.29) is 6.61 Å². The van der Waals surface area contributed by atoms with Crippen LogP contribution in [0.3, 0.4) is 0 Å². The van der Waals surface area contributed by atoms with Gasteiger partial charge in [-0.1, -0.05) is 0 Å². The fraction of sp³-hybridized carbons (Fsp3) is 0.400. The van der Waals surface area contributed by atoms with Crippen molar-refractivity contribution in [2.24, 2.45) is 5.92 Å². The number of pyridine rings is 1. The summed E-state index contributed by atoms with van der Waals surface area (Å²) < 4.78 is 0. The third-order valence-electron chi connectivity index (χ3n) is 2.38. The third-order valence-corrected chi connectivity index (χ3v) is 2.38. The molecule has 0 spiro atoms. The molecular formula is C10H11N3O. The highest BCUT2D eigenvalue weighted by atomic mass is 16.3. The lowest BCUT2D eigenvalue weighted by molar-refractivity contribution is 0.275. The maximum atomic E-state index is 8.85. The number of nitrogens with one attached hydrogen (secondary N) is 1. The first kappa shape index (κ1) is 8.97. The topological polar surface area (TPSA) is 68.9 Å². The van der Waals surface area contributed by atoms with Gasteiger partial charge in [0, 0.05) is 30.5 Å². The van der Waals surface area contributed by atoms with E-state index in [2.05, 4.69) is 10.3 Å². The van der Waals surface area contributed by atoms with Crippen LogP contribution in [-0.2, 0) is 0 Å². The van der Waals surface area contributed by atoms with Gasteiger partial charge in [0.25, 0.3) is 0 Å². The van der Waals surface area contributed by atoms with Crippen molar-refractivity contribution in [2.75, 3.05) is 11.9 Å². The van der Waals surface area contributed by atoms with Gasteiger partial charge in [0.1, 0.15) is 11.8 Å². The van der Waals surface area contributed by atoms with Gasteiger partial charge in [-0.3, -0.25) is 0 Å². The minimum absolute atomic E-state index is 0.230. The Labute approximate surface area is 82.2 Å². The highest BCUT2D eigenvalue weighted by Gasteiger charge is 2.36. The Morgan fingerprint density at radius 2 is 2.57 bits per heavy atom. The van der Waals surface area contributed by atoms with E-state index >= 15 is 0 Å². The van der Waals surface area contributed by atoms with Crippen molar-refractivity contribution in [1.29, 1.82) is 5.26 Å².